The van der Waals surface area contributed by atoms with E-state index in [1.165, 1.54) is 25.7 Å². The Hall–Kier alpha value is -1.18. The van der Waals surface area contributed by atoms with Crippen molar-refractivity contribution in [3.05, 3.63) is 34.6 Å². The van der Waals surface area contributed by atoms with Gasteiger partial charge in [0.25, 0.3) is 0 Å². The Kier molecular flexibility index (Phi) is 3.20. The number of halogens is 1. The van der Waals surface area contributed by atoms with Crippen LogP contribution in [0, 0.1) is 37.4 Å². The number of aryl methyl sites for hydroxylation is 2. The molecule has 2 aliphatic rings. The summed E-state index contributed by atoms with van der Waals surface area (Å²) >= 11 is 0. The number of carbonyl (C=O) groups is 1. The van der Waals surface area contributed by atoms with Crippen molar-refractivity contribution in [2.24, 2.45) is 17.8 Å². The first kappa shape index (κ1) is 12.8. The standard InChI is InChI=1S/C17H21FO/c1-10-5-15(6-11(2)17(10)18)16(19)9-14-8-12-3-4-13(14)7-12/h5-6,12-14H,3-4,7-9H2,1-2H3. The molecule has 0 spiro atoms. The van der Waals surface area contributed by atoms with E-state index in [-0.39, 0.29) is 11.6 Å². The predicted molar refractivity (Wildman–Crippen MR) is 73.8 cm³/mol. The molecule has 19 heavy (non-hydrogen) atoms. The van der Waals surface area contributed by atoms with Gasteiger partial charge in [-0.15, -0.1) is 0 Å². The van der Waals surface area contributed by atoms with E-state index in [1.54, 1.807) is 26.0 Å². The summed E-state index contributed by atoms with van der Waals surface area (Å²) in [6, 6.07) is 3.41. The molecule has 1 aromatic carbocycles. The van der Waals surface area contributed by atoms with Gasteiger partial charge in [-0.2, -0.15) is 0 Å². The fourth-order valence-electron chi connectivity index (χ4n) is 4.09. The number of carbonyl (C=O) groups excluding carboxylic acids is 1. The van der Waals surface area contributed by atoms with Gasteiger partial charge < -0.3 is 0 Å². The molecule has 2 heteroatoms. The Labute approximate surface area is 114 Å². The zero-order valence-electron chi connectivity index (χ0n) is 11.7. The molecule has 0 amide bonds. The smallest absolute Gasteiger partial charge is 0.163 e. The Balaban J connectivity index is 1.74. The van der Waals surface area contributed by atoms with E-state index >= 15 is 0 Å². The molecule has 2 fully saturated rings. The van der Waals surface area contributed by atoms with Crippen molar-refractivity contribution in [2.45, 2.75) is 46.0 Å². The van der Waals surface area contributed by atoms with Gasteiger partial charge in [0.2, 0.25) is 0 Å². The van der Waals surface area contributed by atoms with Crippen LogP contribution in [0.5, 0.6) is 0 Å². The van der Waals surface area contributed by atoms with Crippen LogP contribution in [-0.4, -0.2) is 5.78 Å². The van der Waals surface area contributed by atoms with E-state index in [0.717, 1.165) is 11.8 Å². The van der Waals surface area contributed by atoms with Gasteiger partial charge in [0.15, 0.2) is 5.78 Å². The van der Waals surface area contributed by atoms with E-state index < -0.39 is 0 Å². The molecule has 2 saturated carbocycles. The summed E-state index contributed by atoms with van der Waals surface area (Å²) in [5, 5.41) is 0. The van der Waals surface area contributed by atoms with Crippen LogP contribution in [0.1, 0.15) is 53.6 Å². The van der Waals surface area contributed by atoms with Crippen molar-refractivity contribution >= 4 is 5.78 Å². The first-order chi connectivity index (χ1) is 9.04. The lowest BCUT2D eigenvalue weighted by Gasteiger charge is -2.20. The number of ketones is 1. The lowest BCUT2D eigenvalue weighted by atomic mass is 9.84. The lowest BCUT2D eigenvalue weighted by molar-refractivity contribution is 0.0944. The molecule has 0 N–H and O–H groups in total. The quantitative estimate of drug-likeness (QED) is 0.734. The number of hydrogen-bond acceptors (Lipinski definition) is 1. The van der Waals surface area contributed by atoms with Crippen molar-refractivity contribution in [3.8, 4) is 0 Å². The zero-order valence-corrected chi connectivity index (χ0v) is 11.7. The average Bonchev–Trinajstić information content (AvgIpc) is 2.97. The Morgan fingerprint density at radius 3 is 2.42 bits per heavy atom. The molecule has 1 nitrogen and oxygen atoms in total. The van der Waals surface area contributed by atoms with E-state index in [1.807, 2.05) is 0 Å². The van der Waals surface area contributed by atoms with Crippen LogP contribution in [0.4, 0.5) is 4.39 Å². The van der Waals surface area contributed by atoms with Gasteiger partial charge in [-0.3, -0.25) is 4.79 Å². The van der Waals surface area contributed by atoms with Crippen molar-refractivity contribution in [1.82, 2.24) is 0 Å². The molecule has 0 saturated heterocycles. The molecule has 0 heterocycles. The molecule has 3 rings (SSSR count). The normalized spacial score (nSPS) is 28.9. The Morgan fingerprint density at radius 2 is 1.89 bits per heavy atom. The zero-order chi connectivity index (χ0) is 13.6. The highest BCUT2D eigenvalue weighted by Gasteiger charge is 2.40. The van der Waals surface area contributed by atoms with E-state index in [9.17, 15) is 9.18 Å². The minimum atomic E-state index is -0.184. The van der Waals surface area contributed by atoms with Crippen LogP contribution < -0.4 is 0 Å². The minimum absolute atomic E-state index is 0.184. The maximum absolute atomic E-state index is 13.6. The largest absolute Gasteiger partial charge is 0.294 e. The minimum Gasteiger partial charge on any atom is -0.294 e. The van der Waals surface area contributed by atoms with Crippen LogP contribution in [-0.2, 0) is 0 Å². The summed E-state index contributed by atoms with van der Waals surface area (Å²) in [6.07, 6.45) is 5.90. The molecule has 1 aromatic rings. The molecule has 2 aliphatic carbocycles. The fourth-order valence-corrected chi connectivity index (χ4v) is 4.09. The number of rotatable bonds is 3. The molecule has 0 radical (unpaired) electrons. The third-order valence-corrected chi connectivity index (χ3v) is 5.09. The highest BCUT2D eigenvalue weighted by Crippen LogP contribution is 2.49. The van der Waals surface area contributed by atoms with Crippen molar-refractivity contribution < 1.29 is 9.18 Å². The van der Waals surface area contributed by atoms with Gasteiger partial charge in [-0.1, -0.05) is 6.42 Å². The third kappa shape index (κ3) is 2.33. The van der Waals surface area contributed by atoms with Gasteiger partial charge in [0.05, 0.1) is 0 Å². The van der Waals surface area contributed by atoms with Crippen LogP contribution in [0.3, 0.4) is 0 Å². The van der Waals surface area contributed by atoms with Gasteiger partial charge in [0, 0.05) is 12.0 Å². The molecule has 2 bridgehead atoms. The van der Waals surface area contributed by atoms with E-state index in [4.69, 9.17) is 0 Å². The molecular formula is C17H21FO. The van der Waals surface area contributed by atoms with Gasteiger partial charge in [0.1, 0.15) is 5.82 Å². The predicted octanol–water partition coefficient (Wildman–Crippen LogP) is 4.45. The molecule has 3 unspecified atom stereocenters. The summed E-state index contributed by atoms with van der Waals surface area (Å²) in [5.41, 5.74) is 1.85. The van der Waals surface area contributed by atoms with Gasteiger partial charge in [-0.05, 0) is 74.1 Å². The fraction of sp³-hybridized carbons (Fsp3) is 0.588. The van der Waals surface area contributed by atoms with Crippen LogP contribution in [0.25, 0.3) is 0 Å². The topological polar surface area (TPSA) is 17.1 Å². The summed E-state index contributed by atoms with van der Waals surface area (Å²) < 4.78 is 13.6. The Bertz CT molecular complexity index is 497. The maximum Gasteiger partial charge on any atom is 0.163 e. The summed E-state index contributed by atoms with van der Waals surface area (Å²) in [4.78, 5) is 12.4. The first-order valence-electron chi connectivity index (χ1n) is 7.34. The van der Waals surface area contributed by atoms with Gasteiger partial charge in [-0.25, -0.2) is 4.39 Å². The van der Waals surface area contributed by atoms with Gasteiger partial charge >= 0.3 is 0 Å². The maximum atomic E-state index is 13.6. The SMILES string of the molecule is Cc1cc(C(=O)CC2CC3CCC2C3)cc(C)c1F. The highest BCUT2D eigenvalue weighted by atomic mass is 19.1. The van der Waals surface area contributed by atoms with Crippen LogP contribution in [0.15, 0.2) is 12.1 Å². The second-order valence-corrected chi connectivity index (χ2v) is 6.49. The monoisotopic (exact) mass is 260 g/mol. The van der Waals surface area contributed by atoms with E-state index in [0.29, 0.717) is 29.0 Å². The molecule has 0 aliphatic heterocycles. The highest BCUT2D eigenvalue weighted by molar-refractivity contribution is 5.96. The number of benzene rings is 1. The summed E-state index contributed by atoms with van der Waals surface area (Å²) in [6.45, 7) is 3.47. The molecule has 102 valence electrons. The van der Waals surface area contributed by atoms with Crippen LogP contribution >= 0.6 is 0 Å². The van der Waals surface area contributed by atoms with E-state index in [2.05, 4.69) is 0 Å². The first-order valence-corrected chi connectivity index (χ1v) is 7.34. The molecule has 3 atom stereocenters. The van der Waals surface area contributed by atoms with Crippen molar-refractivity contribution in [1.29, 1.82) is 0 Å². The third-order valence-electron chi connectivity index (χ3n) is 5.09. The number of fused-ring (bicyclic) bond motifs is 2. The Morgan fingerprint density at radius 1 is 1.21 bits per heavy atom. The summed E-state index contributed by atoms with van der Waals surface area (Å²) in [7, 11) is 0. The van der Waals surface area contributed by atoms with Crippen LogP contribution in [0.2, 0.25) is 0 Å². The summed E-state index contributed by atoms with van der Waals surface area (Å²) in [5.74, 6) is 2.24. The second kappa shape index (κ2) is 4.73. The average molecular weight is 260 g/mol. The second-order valence-electron chi connectivity index (χ2n) is 6.49. The van der Waals surface area contributed by atoms with Crippen molar-refractivity contribution in [2.75, 3.05) is 0 Å². The molecule has 0 aromatic heterocycles. The number of hydrogen-bond donors (Lipinski definition) is 0. The molecular weight excluding hydrogens is 239 g/mol. The lowest BCUT2D eigenvalue weighted by Crippen LogP contribution is -2.15. The number of Topliss-reactive ketones (excluding diaryl/α,β-unsaturated/α-hetero) is 1. The van der Waals surface area contributed by atoms with Crippen molar-refractivity contribution in [3.63, 3.8) is 0 Å².